The molecule has 0 amide bonds. The number of methoxy groups -OCH3 is 2. The van der Waals surface area contributed by atoms with Gasteiger partial charge < -0.3 is 9.47 Å². The van der Waals surface area contributed by atoms with Gasteiger partial charge in [0.1, 0.15) is 6.07 Å². The van der Waals surface area contributed by atoms with E-state index in [1.165, 1.54) is 0 Å². The molecule has 124 valence electrons. The Hall–Kier alpha value is -2.97. The number of benzene rings is 2. The molecule has 4 nitrogen and oxygen atoms in total. The van der Waals surface area contributed by atoms with Gasteiger partial charge in [0.15, 0.2) is 11.5 Å². The Morgan fingerprint density at radius 2 is 1.76 bits per heavy atom. The summed E-state index contributed by atoms with van der Waals surface area (Å²) >= 11 is 5.68. The summed E-state index contributed by atoms with van der Waals surface area (Å²) in [6, 6.07) is 13.7. The van der Waals surface area contributed by atoms with Gasteiger partial charge in [-0.15, -0.1) is 0 Å². The Labute approximate surface area is 151 Å². The van der Waals surface area contributed by atoms with Crippen LogP contribution < -0.4 is 9.47 Å². The molecule has 3 rings (SSSR count). The van der Waals surface area contributed by atoms with E-state index in [2.05, 4.69) is 11.1 Å². The minimum absolute atomic E-state index is 0.465. The first-order valence-corrected chi connectivity index (χ1v) is 8.06. The van der Waals surface area contributed by atoms with Gasteiger partial charge in [-0.25, -0.2) is 0 Å². The van der Waals surface area contributed by atoms with Crippen molar-refractivity contribution in [2.75, 3.05) is 14.2 Å². The highest BCUT2D eigenvalue weighted by molar-refractivity contribution is 7.81. The molecule has 5 heteroatoms. The van der Waals surface area contributed by atoms with Crippen LogP contribution in [0.4, 0.5) is 0 Å². The fourth-order valence-corrected chi connectivity index (χ4v) is 3.05. The highest BCUT2D eigenvalue weighted by Crippen LogP contribution is 2.35. The Bertz CT molecular complexity index is 1020. The van der Waals surface area contributed by atoms with Crippen molar-refractivity contribution in [3.8, 4) is 17.6 Å². The molecule has 0 atom stereocenters. The second-order valence-corrected chi connectivity index (χ2v) is 5.99. The second-order valence-electron chi connectivity index (χ2n) is 5.58. The molecule has 1 heterocycles. The van der Waals surface area contributed by atoms with Crippen molar-refractivity contribution >= 4 is 27.9 Å². The maximum Gasteiger partial charge on any atom is 0.161 e. The molecule has 0 saturated heterocycles. The number of hydrogen-bond acceptors (Lipinski definition) is 5. The summed E-state index contributed by atoms with van der Waals surface area (Å²) in [5.41, 5.74) is 3.16. The summed E-state index contributed by atoms with van der Waals surface area (Å²) in [6.45, 7) is 2.02. The summed E-state index contributed by atoms with van der Waals surface area (Å²) in [4.78, 5) is 5.08. The molecule has 0 aliphatic rings. The lowest BCUT2D eigenvalue weighted by Gasteiger charge is -2.13. The molecular weight excluding hydrogens is 332 g/mol. The Kier molecular flexibility index (Phi) is 4.64. The SMILES string of the molecule is COc1cc2c(C#N)cnc(C(=S)c3cccc(C)c3)c2cc1OC. The van der Waals surface area contributed by atoms with Crippen LogP contribution >= 0.6 is 12.2 Å². The number of hydrogen-bond donors (Lipinski definition) is 0. The molecule has 0 aliphatic carbocycles. The lowest BCUT2D eigenvalue weighted by molar-refractivity contribution is 0.356. The molecule has 0 unspecified atom stereocenters. The van der Waals surface area contributed by atoms with Crippen LogP contribution in [-0.4, -0.2) is 24.1 Å². The number of aromatic nitrogens is 1. The summed E-state index contributed by atoms with van der Waals surface area (Å²) in [6.07, 6.45) is 1.55. The van der Waals surface area contributed by atoms with E-state index in [0.717, 1.165) is 21.9 Å². The van der Waals surface area contributed by atoms with E-state index in [4.69, 9.17) is 21.7 Å². The zero-order chi connectivity index (χ0) is 18.0. The van der Waals surface area contributed by atoms with E-state index >= 15 is 0 Å². The number of rotatable bonds is 4. The van der Waals surface area contributed by atoms with Crippen molar-refractivity contribution in [3.05, 3.63) is 65.0 Å². The van der Waals surface area contributed by atoms with E-state index < -0.39 is 0 Å². The van der Waals surface area contributed by atoms with Gasteiger partial charge in [-0.05, 0) is 24.6 Å². The Morgan fingerprint density at radius 1 is 1.08 bits per heavy atom. The smallest absolute Gasteiger partial charge is 0.161 e. The van der Waals surface area contributed by atoms with E-state index in [-0.39, 0.29) is 0 Å². The van der Waals surface area contributed by atoms with Crippen molar-refractivity contribution in [1.29, 1.82) is 5.26 Å². The van der Waals surface area contributed by atoms with Crippen LogP contribution in [0.1, 0.15) is 22.4 Å². The van der Waals surface area contributed by atoms with E-state index in [0.29, 0.717) is 27.6 Å². The molecular formula is C20H16N2O2S. The minimum atomic E-state index is 0.465. The van der Waals surface area contributed by atoms with Crippen LogP contribution in [0.3, 0.4) is 0 Å². The third-order valence-electron chi connectivity index (χ3n) is 4.01. The monoisotopic (exact) mass is 348 g/mol. The fourth-order valence-electron chi connectivity index (χ4n) is 2.76. The Balaban J connectivity index is 2.29. The number of ether oxygens (including phenoxy) is 2. The van der Waals surface area contributed by atoms with Gasteiger partial charge in [0, 0.05) is 17.0 Å². The molecule has 0 fully saturated rings. The number of pyridine rings is 1. The number of fused-ring (bicyclic) bond motifs is 1. The van der Waals surface area contributed by atoms with Crippen molar-refractivity contribution in [1.82, 2.24) is 4.98 Å². The van der Waals surface area contributed by atoms with Crippen LogP contribution in [0.5, 0.6) is 11.5 Å². The van der Waals surface area contributed by atoms with Crippen LogP contribution in [0, 0.1) is 18.3 Å². The van der Waals surface area contributed by atoms with Crippen LogP contribution in [0.25, 0.3) is 10.8 Å². The summed E-state index contributed by atoms with van der Waals surface area (Å²) in [5, 5.41) is 10.9. The predicted molar refractivity (Wildman–Crippen MR) is 102 cm³/mol. The predicted octanol–water partition coefficient (Wildman–Crippen LogP) is 4.20. The maximum atomic E-state index is 9.41. The van der Waals surface area contributed by atoms with Gasteiger partial charge >= 0.3 is 0 Å². The maximum absolute atomic E-state index is 9.41. The third kappa shape index (κ3) is 3.04. The molecule has 2 aromatic carbocycles. The van der Waals surface area contributed by atoms with Crippen LogP contribution in [-0.2, 0) is 0 Å². The molecule has 0 spiro atoms. The number of nitriles is 1. The standard InChI is InChI=1S/C20H16N2O2S/c1-12-5-4-6-13(7-12)20(25)19-16-9-18(24-3)17(23-2)8-15(16)14(10-21)11-22-19/h4-9,11H,1-3H3. The molecule has 25 heavy (non-hydrogen) atoms. The molecule has 0 N–H and O–H groups in total. The zero-order valence-corrected chi connectivity index (χ0v) is 15.0. The minimum Gasteiger partial charge on any atom is -0.493 e. The van der Waals surface area contributed by atoms with Gasteiger partial charge in [-0.2, -0.15) is 5.26 Å². The Morgan fingerprint density at radius 3 is 2.36 bits per heavy atom. The van der Waals surface area contributed by atoms with Crippen molar-refractivity contribution in [3.63, 3.8) is 0 Å². The van der Waals surface area contributed by atoms with Gasteiger partial charge in [0.05, 0.1) is 30.3 Å². The van der Waals surface area contributed by atoms with E-state index in [9.17, 15) is 5.26 Å². The first-order valence-electron chi connectivity index (χ1n) is 7.65. The highest BCUT2D eigenvalue weighted by atomic mass is 32.1. The molecule has 0 aliphatic heterocycles. The summed E-state index contributed by atoms with van der Waals surface area (Å²) < 4.78 is 10.8. The van der Waals surface area contributed by atoms with Crippen LogP contribution in [0.15, 0.2) is 42.6 Å². The van der Waals surface area contributed by atoms with E-state index in [1.54, 1.807) is 26.5 Å². The quantitative estimate of drug-likeness (QED) is 0.522. The molecule has 0 bridgehead atoms. The second kappa shape index (κ2) is 6.88. The van der Waals surface area contributed by atoms with E-state index in [1.807, 2.05) is 37.3 Å². The topological polar surface area (TPSA) is 55.1 Å². The van der Waals surface area contributed by atoms with Gasteiger partial charge in [0.2, 0.25) is 0 Å². The first-order chi connectivity index (χ1) is 12.1. The van der Waals surface area contributed by atoms with Gasteiger partial charge in [-0.3, -0.25) is 4.98 Å². The van der Waals surface area contributed by atoms with Crippen LogP contribution in [0.2, 0.25) is 0 Å². The lowest BCUT2D eigenvalue weighted by atomic mass is 9.99. The van der Waals surface area contributed by atoms with Gasteiger partial charge in [-0.1, -0.05) is 42.0 Å². The normalized spacial score (nSPS) is 10.3. The molecule has 3 aromatic rings. The largest absolute Gasteiger partial charge is 0.493 e. The molecule has 0 radical (unpaired) electrons. The fraction of sp³-hybridized carbons (Fsp3) is 0.150. The highest BCUT2D eigenvalue weighted by Gasteiger charge is 2.16. The zero-order valence-electron chi connectivity index (χ0n) is 14.2. The van der Waals surface area contributed by atoms with Crippen molar-refractivity contribution < 1.29 is 9.47 Å². The number of nitrogens with zero attached hydrogens (tertiary/aromatic N) is 2. The average Bonchev–Trinajstić information content (AvgIpc) is 2.65. The molecule has 1 aromatic heterocycles. The third-order valence-corrected chi connectivity index (χ3v) is 4.44. The number of aryl methyl sites for hydroxylation is 1. The lowest BCUT2D eigenvalue weighted by Crippen LogP contribution is -2.05. The molecule has 0 saturated carbocycles. The number of thiocarbonyl (C=S) groups is 1. The van der Waals surface area contributed by atoms with Crippen molar-refractivity contribution in [2.24, 2.45) is 0 Å². The summed E-state index contributed by atoms with van der Waals surface area (Å²) in [5.74, 6) is 1.13. The van der Waals surface area contributed by atoms with Crippen molar-refractivity contribution in [2.45, 2.75) is 6.92 Å². The first kappa shape index (κ1) is 16.9. The van der Waals surface area contributed by atoms with Gasteiger partial charge in [0.25, 0.3) is 0 Å². The average molecular weight is 348 g/mol. The summed E-state index contributed by atoms with van der Waals surface area (Å²) in [7, 11) is 3.14.